The number of thiol groups is 1. The monoisotopic (exact) mass is 228 g/mol. The van der Waals surface area contributed by atoms with Crippen molar-refractivity contribution in [1.29, 1.82) is 0 Å². The lowest BCUT2D eigenvalue weighted by Gasteiger charge is -2.26. The molecule has 0 bridgehead atoms. The molecule has 1 aromatic heterocycles. The molecule has 2 rings (SSSR count). The molecule has 0 radical (unpaired) electrons. The van der Waals surface area contributed by atoms with Crippen LogP contribution >= 0.6 is 24.4 Å². The third kappa shape index (κ3) is 2.51. The zero-order valence-corrected chi connectivity index (χ0v) is 10.1. The Morgan fingerprint density at radius 1 is 1.43 bits per heavy atom. The SMILES string of the molecule is Cc1cc(SC2CCCCC2S)co1. The summed E-state index contributed by atoms with van der Waals surface area (Å²) in [5.74, 6) is 0.999. The second-order valence-electron chi connectivity index (χ2n) is 3.90. The fraction of sp³-hybridized carbons (Fsp3) is 0.636. The first kappa shape index (κ1) is 10.5. The minimum absolute atomic E-state index is 0.559. The predicted molar refractivity (Wildman–Crippen MR) is 64.3 cm³/mol. The van der Waals surface area contributed by atoms with Crippen LogP contribution in [0.25, 0.3) is 0 Å². The van der Waals surface area contributed by atoms with E-state index in [0.29, 0.717) is 10.5 Å². The first-order chi connectivity index (χ1) is 6.75. The van der Waals surface area contributed by atoms with Gasteiger partial charge in [-0.15, -0.1) is 11.8 Å². The second-order valence-corrected chi connectivity index (χ2v) is 5.88. The topological polar surface area (TPSA) is 13.1 Å². The Hall–Kier alpha value is -0.0200. The molecule has 1 aromatic rings. The standard InChI is InChI=1S/C11H16OS2/c1-8-6-9(7-12-8)14-11-5-3-2-4-10(11)13/h6-7,10-11,13H,2-5H2,1H3. The van der Waals surface area contributed by atoms with Gasteiger partial charge in [0.05, 0.1) is 0 Å². The zero-order chi connectivity index (χ0) is 9.97. The molecule has 0 N–H and O–H groups in total. The van der Waals surface area contributed by atoms with E-state index in [4.69, 9.17) is 4.42 Å². The third-order valence-electron chi connectivity index (χ3n) is 2.66. The van der Waals surface area contributed by atoms with Gasteiger partial charge in [0.15, 0.2) is 0 Å². The van der Waals surface area contributed by atoms with Crippen molar-refractivity contribution in [2.75, 3.05) is 0 Å². The molecule has 0 aliphatic heterocycles. The van der Waals surface area contributed by atoms with Gasteiger partial charge in [0.1, 0.15) is 12.0 Å². The molecule has 2 unspecified atom stereocenters. The van der Waals surface area contributed by atoms with Crippen LogP contribution < -0.4 is 0 Å². The summed E-state index contributed by atoms with van der Waals surface area (Å²) in [5.41, 5.74) is 0. The normalized spacial score (nSPS) is 27.9. The van der Waals surface area contributed by atoms with Crippen LogP contribution in [0, 0.1) is 6.92 Å². The van der Waals surface area contributed by atoms with Crippen LogP contribution in [0.3, 0.4) is 0 Å². The molecule has 0 saturated heterocycles. The summed E-state index contributed by atoms with van der Waals surface area (Å²) < 4.78 is 5.30. The lowest BCUT2D eigenvalue weighted by Crippen LogP contribution is -2.21. The van der Waals surface area contributed by atoms with Crippen LogP contribution in [-0.2, 0) is 0 Å². The van der Waals surface area contributed by atoms with E-state index in [1.54, 1.807) is 0 Å². The van der Waals surface area contributed by atoms with Crippen molar-refractivity contribution in [3.63, 3.8) is 0 Å². The van der Waals surface area contributed by atoms with Crippen LogP contribution in [-0.4, -0.2) is 10.5 Å². The first-order valence-corrected chi connectivity index (χ1v) is 6.55. The highest BCUT2D eigenvalue weighted by molar-refractivity contribution is 8.00. The van der Waals surface area contributed by atoms with Gasteiger partial charge in [0.25, 0.3) is 0 Å². The molecule has 1 heterocycles. The summed E-state index contributed by atoms with van der Waals surface area (Å²) in [6.07, 6.45) is 7.11. The number of thioether (sulfide) groups is 1. The Bertz CT molecular complexity index is 295. The fourth-order valence-corrected chi connectivity index (χ4v) is 3.65. The highest BCUT2D eigenvalue weighted by atomic mass is 32.2. The van der Waals surface area contributed by atoms with E-state index < -0.39 is 0 Å². The van der Waals surface area contributed by atoms with Crippen molar-refractivity contribution in [3.8, 4) is 0 Å². The molecule has 0 spiro atoms. The minimum Gasteiger partial charge on any atom is -0.468 e. The molecule has 2 atom stereocenters. The van der Waals surface area contributed by atoms with Crippen LogP contribution in [0.4, 0.5) is 0 Å². The van der Waals surface area contributed by atoms with E-state index in [1.165, 1.54) is 30.6 Å². The van der Waals surface area contributed by atoms with Crippen LogP contribution in [0.5, 0.6) is 0 Å². The van der Waals surface area contributed by atoms with E-state index in [1.807, 2.05) is 24.9 Å². The van der Waals surface area contributed by atoms with Crippen molar-refractivity contribution in [1.82, 2.24) is 0 Å². The molecule has 1 saturated carbocycles. The Kier molecular flexibility index (Phi) is 3.50. The zero-order valence-electron chi connectivity index (χ0n) is 8.40. The van der Waals surface area contributed by atoms with Crippen molar-refractivity contribution in [2.45, 2.75) is 48.0 Å². The van der Waals surface area contributed by atoms with Crippen molar-refractivity contribution in [3.05, 3.63) is 18.1 Å². The van der Waals surface area contributed by atoms with E-state index in [-0.39, 0.29) is 0 Å². The number of rotatable bonds is 2. The Morgan fingerprint density at radius 2 is 2.21 bits per heavy atom. The van der Waals surface area contributed by atoms with E-state index in [9.17, 15) is 0 Å². The Morgan fingerprint density at radius 3 is 2.86 bits per heavy atom. The molecular formula is C11H16OS2. The highest BCUT2D eigenvalue weighted by Crippen LogP contribution is 2.36. The van der Waals surface area contributed by atoms with Gasteiger partial charge >= 0.3 is 0 Å². The lowest BCUT2D eigenvalue weighted by molar-refractivity contribution is 0.525. The van der Waals surface area contributed by atoms with Crippen molar-refractivity contribution < 1.29 is 4.42 Å². The molecule has 1 aliphatic carbocycles. The van der Waals surface area contributed by atoms with Gasteiger partial charge in [-0.1, -0.05) is 12.8 Å². The Balaban J connectivity index is 1.95. The predicted octanol–water partition coefficient (Wildman–Crippen LogP) is 3.92. The summed E-state index contributed by atoms with van der Waals surface area (Å²) in [5, 5.41) is 1.23. The first-order valence-electron chi connectivity index (χ1n) is 5.15. The number of hydrogen-bond donors (Lipinski definition) is 1. The van der Waals surface area contributed by atoms with E-state index >= 15 is 0 Å². The quantitative estimate of drug-likeness (QED) is 0.771. The fourth-order valence-electron chi connectivity index (χ4n) is 1.87. The maximum absolute atomic E-state index is 5.30. The summed E-state index contributed by atoms with van der Waals surface area (Å²) in [7, 11) is 0. The second kappa shape index (κ2) is 4.67. The van der Waals surface area contributed by atoms with Gasteiger partial charge in [-0.2, -0.15) is 12.6 Å². The van der Waals surface area contributed by atoms with Gasteiger partial charge in [0, 0.05) is 15.4 Å². The van der Waals surface area contributed by atoms with Crippen molar-refractivity contribution >= 4 is 24.4 Å². The van der Waals surface area contributed by atoms with Gasteiger partial charge < -0.3 is 4.42 Å². The summed E-state index contributed by atoms with van der Waals surface area (Å²) >= 11 is 6.57. The molecule has 3 heteroatoms. The van der Waals surface area contributed by atoms with Crippen LogP contribution in [0.2, 0.25) is 0 Å². The summed E-state index contributed by atoms with van der Waals surface area (Å²) in [6, 6.07) is 2.11. The maximum Gasteiger partial charge on any atom is 0.104 e. The largest absolute Gasteiger partial charge is 0.468 e. The van der Waals surface area contributed by atoms with Gasteiger partial charge in [-0.3, -0.25) is 0 Å². The van der Waals surface area contributed by atoms with Gasteiger partial charge in [0.2, 0.25) is 0 Å². The molecule has 78 valence electrons. The maximum atomic E-state index is 5.30. The van der Waals surface area contributed by atoms with E-state index in [0.717, 1.165) is 5.76 Å². The third-order valence-corrected chi connectivity index (χ3v) is 4.83. The molecular weight excluding hydrogens is 212 g/mol. The summed E-state index contributed by atoms with van der Waals surface area (Å²) in [4.78, 5) is 1.26. The molecule has 0 aromatic carbocycles. The summed E-state index contributed by atoms with van der Waals surface area (Å²) in [6.45, 7) is 1.99. The lowest BCUT2D eigenvalue weighted by atomic mass is 10.00. The molecule has 14 heavy (non-hydrogen) atoms. The van der Waals surface area contributed by atoms with E-state index in [2.05, 4.69) is 18.7 Å². The number of hydrogen-bond acceptors (Lipinski definition) is 3. The minimum atomic E-state index is 0.559. The molecule has 0 amide bonds. The van der Waals surface area contributed by atoms with Crippen LogP contribution in [0.1, 0.15) is 31.4 Å². The van der Waals surface area contributed by atoms with Gasteiger partial charge in [-0.05, 0) is 25.8 Å². The van der Waals surface area contributed by atoms with Gasteiger partial charge in [-0.25, -0.2) is 0 Å². The average Bonchev–Trinajstić information content (AvgIpc) is 2.56. The molecule has 1 fully saturated rings. The van der Waals surface area contributed by atoms with Crippen molar-refractivity contribution in [2.24, 2.45) is 0 Å². The van der Waals surface area contributed by atoms with Crippen LogP contribution in [0.15, 0.2) is 21.6 Å². The Labute approximate surface area is 95.1 Å². The molecule has 1 aliphatic rings. The number of aryl methyl sites for hydroxylation is 1. The highest BCUT2D eigenvalue weighted by Gasteiger charge is 2.23. The number of furan rings is 1. The average molecular weight is 228 g/mol. The molecule has 1 nitrogen and oxygen atoms in total. The smallest absolute Gasteiger partial charge is 0.104 e.